The number of phenolic OH excluding ortho intramolecular Hbond substituents is 1. The second kappa shape index (κ2) is 10.5. The molecule has 1 aromatic heterocycles. The first-order chi connectivity index (χ1) is 17.1. The van der Waals surface area contributed by atoms with Crippen molar-refractivity contribution < 1.29 is 10.2 Å². The highest BCUT2D eigenvalue weighted by atomic mass is 32.1. The maximum Gasteiger partial charge on any atom is 0.305 e. The Bertz CT molecular complexity index is 1390. The Hall–Kier alpha value is -3.39. The van der Waals surface area contributed by atoms with Gasteiger partial charge in [0.05, 0.1) is 10.8 Å². The minimum absolute atomic E-state index is 0.0148. The summed E-state index contributed by atoms with van der Waals surface area (Å²) >= 11 is 1.00. The molecule has 1 fully saturated rings. The van der Waals surface area contributed by atoms with Gasteiger partial charge in [0.15, 0.2) is 0 Å². The van der Waals surface area contributed by atoms with Crippen molar-refractivity contribution >= 4 is 21.6 Å². The van der Waals surface area contributed by atoms with Crippen LogP contribution in [-0.2, 0) is 13.0 Å². The van der Waals surface area contributed by atoms with Gasteiger partial charge in [-0.05, 0) is 53.9 Å². The lowest BCUT2D eigenvalue weighted by Crippen LogP contribution is -2.23. The average Bonchev–Trinajstić information content (AvgIpc) is 3.53. The van der Waals surface area contributed by atoms with Crippen molar-refractivity contribution in [2.24, 2.45) is 0 Å². The Labute approximate surface area is 208 Å². The molecule has 35 heavy (non-hydrogen) atoms. The van der Waals surface area contributed by atoms with Crippen LogP contribution in [0.2, 0.25) is 0 Å². The normalized spacial score (nSPS) is 17.1. The molecule has 5 rings (SSSR count). The van der Waals surface area contributed by atoms with E-state index < -0.39 is 6.10 Å². The third kappa shape index (κ3) is 5.65. The molecule has 1 unspecified atom stereocenters. The number of aromatic hydroxyl groups is 1. The van der Waals surface area contributed by atoms with E-state index in [0.717, 1.165) is 37.3 Å². The first kappa shape index (κ1) is 23.4. The first-order valence-electron chi connectivity index (χ1n) is 11.9. The molecule has 3 aromatic carbocycles. The summed E-state index contributed by atoms with van der Waals surface area (Å²) in [5.41, 5.74) is 6.34. The number of aliphatic hydroxyl groups is 1. The van der Waals surface area contributed by atoms with E-state index in [9.17, 15) is 15.0 Å². The number of aliphatic hydroxyl groups excluding tert-OH is 1. The van der Waals surface area contributed by atoms with Gasteiger partial charge in [-0.15, -0.1) is 0 Å². The van der Waals surface area contributed by atoms with Crippen LogP contribution in [0.15, 0.2) is 83.3 Å². The fourth-order valence-electron chi connectivity index (χ4n) is 4.43. The number of phenols is 1. The van der Waals surface area contributed by atoms with Gasteiger partial charge in [0, 0.05) is 24.6 Å². The maximum atomic E-state index is 11.7. The highest BCUT2D eigenvalue weighted by molar-refractivity contribution is 7.16. The standard InChI is InChI=1S/C28H29N3O3S/c32-24-10-9-22(27-26(24)31-28(34)35-27)25(33)17-29-12-11-18-5-4-6-19(13-18)15-30-16-21-14-23(21)20-7-2-1-3-8-20/h1-10,13,16,23,25,29-30,32-33H,11-12,14-15,17H2,(H,31,34)/b21-16+/t23-,25?/m1/s1. The van der Waals surface area contributed by atoms with Gasteiger partial charge in [-0.3, -0.25) is 4.79 Å². The van der Waals surface area contributed by atoms with Gasteiger partial charge in [-0.1, -0.05) is 72.0 Å². The van der Waals surface area contributed by atoms with Crippen LogP contribution in [0.25, 0.3) is 10.2 Å². The molecular formula is C28H29N3O3S. The lowest BCUT2D eigenvalue weighted by molar-refractivity contribution is 0.176. The third-order valence-corrected chi connectivity index (χ3v) is 7.32. The molecule has 5 N–H and O–H groups in total. The van der Waals surface area contributed by atoms with Gasteiger partial charge in [-0.2, -0.15) is 0 Å². The van der Waals surface area contributed by atoms with E-state index >= 15 is 0 Å². The molecule has 1 saturated carbocycles. The van der Waals surface area contributed by atoms with E-state index in [1.807, 2.05) is 0 Å². The lowest BCUT2D eigenvalue weighted by atomic mass is 10.1. The van der Waals surface area contributed by atoms with Crippen molar-refractivity contribution in [3.63, 3.8) is 0 Å². The van der Waals surface area contributed by atoms with Gasteiger partial charge in [0.25, 0.3) is 0 Å². The second-order valence-electron chi connectivity index (χ2n) is 8.95. The summed E-state index contributed by atoms with van der Waals surface area (Å²) in [6, 6.07) is 22.3. The monoisotopic (exact) mass is 487 g/mol. The number of hydrogen-bond acceptors (Lipinski definition) is 6. The number of hydrogen-bond donors (Lipinski definition) is 5. The molecule has 1 heterocycles. The number of thiazole rings is 1. The van der Waals surface area contributed by atoms with Crippen LogP contribution in [0.5, 0.6) is 5.75 Å². The van der Waals surface area contributed by atoms with Crippen LogP contribution in [0.1, 0.15) is 40.7 Å². The van der Waals surface area contributed by atoms with Gasteiger partial charge < -0.3 is 25.8 Å². The second-order valence-corrected chi connectivity index (χ2v) is 9.93. The molecule has 0 bridgehead atoms. The number of nitrogens with one attached hydrogen (secondary N) is 3. The number of aromatic nitrogens is 1. The van der Waals surface area contributed by atoms with E-state index in [2.05, 4.69) is 76.4 Å². The zero-order valence-electron chi connectivity index (χ0n) is 19.3. The fourth-order valence-corrected chi connectivity index (χ4v) is 5.35. The van der Waals surface area contributed by atoms with Crippen LogP contribution in [-0.4, -0.2) is 28.3 Å². The smallest absolute Gasteiger partial charge is 0.305 e. The van der Waals surface area contributed by atoms with E-state index in [4.69, 9.17) is 0 Å². The largest absolute Gasteiger partial charge is 0.506 e. The first-order valence-corrected chi connectivity index (χ1v) is 12.7. The molecule has 0 radical (unpaired) electrons. The summed E-state index contributed by atoms with van der Waals surface area (Å²) in [5, 5.41) is 27.3. The SMILES string of the molecule is O=c1[nH]c2c(O)ccc(C(O)CNCCc3cccc(CN/C=C4\C[C@@H]4c4ccccc4)c3)c2s1. The molecular weight excluding hydrogens is 458 g/mol. The lowest BCUT2D eigenvalue weighted by Gasteiger charge is -2.13. The topological polar surface area (TPSA) is 97.4 Å². The molecule has 1 aliphatic rings. The van der Waals surface area contributed by atoms with Gasteiger partial charge >= 0.3 is 4.87 Å². The minimum atomic E-state index is -0.768. The number of H-pyrrole nitrogens is 1. The molecule has 180 valence electrons. The van der Waals surface area contributed by atoms with E-state index in [-0.39, 0.29) is 10.6 Å². The predicted molar refractivity (Wildman–Crippen MR) is 141 cm³/mol. The minimum Gasteiger partial charge on any atom is -0.506 e. The molecule has 4 aromatic rings. The van der Waals surface area contributed by atoms with Gasteiger partial charge in [0.2, 0.25) is 0 Å². The average molecular weight is 488 g/mol. The van der Waals surface area contributed by atoms with Crippen molar-refractivity contribution in [3.05, 3.63) is 110 Å². The molecule has 6 nitrogen and oxygen atoms in total. The van der Waals surface area contributed by atoms with E-state index in [0.29, 0.717) is 28.2 Å². The number of allylic oxidation sites excluding steroid dienone is 1. The highest BCUT2D eigenvalue weighted by Crippen LogP contribution is 2.46. The van der Waals surface area contributed by atoms with E-state index in [1.165, 1.54) is 28.3 Å². The summed E-state index contributed by atoms with van der Waals surface area (Å²) < 4.78 is 0.598. The Morgan fingerprint density at radius 1 is 1.09 bits per heavy atom. The number of aromatic amines is 1. The summed E-state index contributed by atoms with van der Waals surface area (Å²) in [5.74, 6) is 0.579. The van der Waals surface area contributed by atoms with E-state index in [1.54, 1.807) is 6.07 Å². The molecule has 0 amide bonds. The van der Waals surface area contributed by atoms with Crippen molar-refractivity contribution in [1.29, 1.82) is 0 Å². The molecule has 1 aliphatic carbocycles. The van der Waals surface area contributed by atoms with Gasteiger partial charge in [-0.25, -0.2) is 0 Å². The predicted octanol–water partition coefficient (Wildman–Crippen LogP) is 4.32. The zero-order valence-corrected chi connectivity index (χ0v) is 20.1. The number of benzene rings is 3. The van der Waals surface area contributed by atoms with Crippen LogP contribution in [0.4, 0.5) is 0 Å². The van der Waals surface area contributed by atoms with Crippen molar-refractivity contribution in [3.8, 4) is 5.75 Å². The quantitative estimate of drug-likeness (QED) is 0.215. The molecule has 0 aliphatic heterocycles. The molecule has 2 atom stereocenters. The Balaban J connectivity index is 1.09. The number of rotatable bonds is 10. The van der Waals surface area contributed by atoms with Crippen LogP contribution < -0.4 is 15.5 Å². The van der Waals surface area contributed by atoms with Crippen molar-refractivity contribution in [1.82, 2.24) is 15.6 Å². The Morgan fingerprint density at radius 3 is 2.77 bits per heavy atom. The summed E-state index contributed by atoms with van der Waals surface area (Å²) in [6.07, 6.45) is 3.37. The van der Waals surface area contributed by atoms with Crippen molar-refractivity contribution in [2.75, 3.05) is 13.1 Å². The summed E-state index contributed by atoms with van der Waals surface area (Å²) in [6.45, 7) is 1.88. The Morgan fingerprint density at radius 2 is 1.91 bits per heavy atom. The third-order valence-electron chi connectivity index (χ3n) is 6.39. The number of fused-ring (bicyclic) bond motifs is 1. The van der Waals surface area contributed by atoms with Crippen LogP contribution in [0, 0.1) is 0 Å². The maximum absolute atomic E-state index is 11.7. The molecule has 7 heteroatoms. The zero-order chi connectivity index (χ0) is 24.2. The molecule has 0 saturated heterocycles. The summed E-state index contributed by atoms with van der Waals surface area (Å²) in [4.78, 5) is 14.1. The van der Waals surface area contributed by atoms with Crippen molar-refractivity contribution in [2.45, 2.75) is 31.4 Å². The van der Waals surface area contributed by atoms with Crippen LogP contribution in [0.3, 0.4) is 0 Å². The van der Waals surface area contributed by atoms with Crippen LogP contribution >= 0.6 is 11.3 Å². The fraction of sp³-hybridized carbons (Fsp3) is 0.250. The van der Waals surface area contributed by atoms with Gasteiger partial charge in [0.1, 0.15) is 11.3 Å². The molecule has 0 spiro atoms. The Kier molecular flexibility index (Phi) is 6.99. The highest BCUT2D eigenvalue weighted by Gasteiger charge is 2.30. The summed E-state index contributed by atoms with van der Waals surface area (Å²) in [7, 11) is 0.